The highest BCUT2D eigenvalue weighted by molar-refractivity contribution is 5.92. The van der Waals surface area contributed by atoms with Gasteiger partial charge in [-0.15, -0.1) is 0 Å². The van der Waals surface area contributed by atoms with E-state index < -0.39 is 5.97 Å². The number of esters is 1. The van der Waals surface area contributed by atoms with Crippen molar-refractivity contribution in [3.8, 4) is 22.8 Å². The first-order valence-electron chi connectivity index (χ1n) is 9.28. The third kappa shape index (κ3) is 3.71. The molecule has 144 valence electrons. The zero-order chi connectivity index (χ0) is 19.5. The summed E-state index contributed by atoms with van der Waals surface area (Å²) in [5, 5.41) is 4.01. The van der Waals surface area contributed by atoms with Gasteiger partial charge < -0.3 is 18.7 Å². The van der Waals surface area contributed by atoms with E-state index in [4.69, 9.17) is 18.7 Å². The van der Waals surface area contributed by atoms with Crippen LogP contribution in [0, 0.1) is 0 Å². The molecule has 0 radical (unpaired) electrons. The van der Waals surface area contributed by atoms with Crippen molar-refractivity contribution in [3.63, 3.8) is 0 Å². The van der Waals surface area contributed by atoms with Gasteiger partial charge in [0.2, 0.25) is 0 Å². The van der Waals surface area contributed by atoms with Crippen LogP contribution >= 0.6 is 0 Å². The lowest BCUT2D eigenvalue weighted by Gasteiger charge is -2.08. The van der Waals surface area contributed by atoms with Crippen molar-refractivity contribution in [1.82, 2.24) is 5.16 Å². The van der Waals surface area contributed by atoms with Crippen molar-refractivity contribution in [2.24, 2.45) is 0 Å². The highest BCUT2D eigenvalue weighted by Gasteiger charge is 2.20. The van der Waals surface area contributed by atoms with Crippen molar-refractivity contribution in [3.05, 3.63) is 65.4 Å². The Morgan fingerprint density at radius 3 is 2.93 bits per heavy atom. The molecule has 0 saturated carbocycles. The van der Waals surface area contributed by atoms with Crippen LogP contribution < -0.4 is 9.47 Å². The summed E-state index contributed by atoms with van der Waals surface area (Å²) in [6.45, 7) is 4.41. The molecule has 3 aromatic rings. The molecule has 0 fully saturated rings. The summed E-state index contributed by atoms with van der Waals surface area (Å²) in [5.74, 6) is 1.59. The summed E-state index contributed by atoms with van der Waals surface area (Å²) in [4.78, 5) is 12.4. The second-order valence-electron chi connectivity index (χ2n) is 6.64. The molecule has 2 heterocycles. The lowest BCUT2D eigenvalue weighted by molar-refractivity contribution is 0.0460. The van der Waals surface area contributed by atoms with E-state index >= 15 is 0 Å². The minimum atomic E-state index is -0.461. The SMILES string of the molecule is CCOc1ccccc1C(=O)OCc1cc(-c2ccc3c(c2)CC(C)O3)on1. The fourth-order valence-corrected chi connectivity index (χ4v) is 3.23. The number of rotatable bonds is 6. The molecule has 0 N–H and O–H groups in total. The Bertz CT molecular complexity index is 994. The standard InChI is InChI=1S/C22H21NO5/c1-3-25-20-7-5-4-6-18(20)22(24)26-13-17-12-21(28-23-17)15-8-9-19-16(11-15)10-14(2)27-19/h4-9,11-12,14H,3,10,13H2,1-2H3. The smallest absolute Gasteiger partial charge is 0.342 e. The number of para-hydroxylation sites is 1. The number of hydrogen-bond acceptors (Lipinski definition) is 6. The van der Waals surface area contributed by atoms with Gasteiger partial charge in [-0.3, -0.25) is 0 Å². The Kier molecular flexibility index (Phi) is 5.02. The van der Waals surface area contributed by atoms with Gasteiger partial charge in [-0.2, -0.15) is 0 Å². The zero-order valence-electron chi connectivity index (χ0n) is 15.8. The molecule has 1 aliphatic rings. The van der Waals surface area contributed by atoms with E-state index in [2.05, 4.69) is 5.16 Å². The first-order chi connectivity index (χ1) is 13.6. The van der Waals surface area contributed by atoms with Crippen molar-refractivity contribution >= 4 is 5.97 Å². The van der Waals surface area contributed by atoms with Crippen LogP contribution in [0.15, 0.2) is 53.1 Å². The number of carbonyl (C=O) groups excluding carboxylic acids is 1. The molecule has 1 aromatic heterocycles. The van der Waals surface area contributed by atoms with Gasteiger partial charge in [-0.25, -0.2) is 4.79 Å². The lowest BCUT2D eigenvalue weighted by atomic mass is 10.1. The zero-order valence-corrected chi connectivity index (χ0v) is 15.8. The van der Waals surface area contributed by atoms with E-state index in [0.29, 0.717) is 29.4 Å². The van der Waals surface area contributed by atoms with E-state index in [1.54, 1.807) is 24.3 Å². The molecule has 2 aromatic carbocycles. The van der Waals surface area contributed by atoms with Crippen molar-refractivity contribution in [2.75, 3.05) is 6.61 Å². The molecule has 28 heavy (non-hydrogen) atoms. The summed E-state index contributed by atoms with van der Waals surface area (Å²) in [5.41, 5.74) is 3.01. The summed E-state index contributed by atoms with van der Waals surface area (Å²) < 4.78 is 22.0. The molecular weight excluding hydrogens is 358 g/mol. The van der Waals surface area contributed by atoms with E-state index in [1.165, 1.54) is 0 Å². The topological polar surface area (TPSA) is 70.8 Å². The van der Waals surface area contributed by atoms with Gasteiger partial charge in [0.25, 0.3) is 0 Å². The van der Waals surface area contributed by atoms with E-state index in [-0.39, 0.29) is 12.7 Å². The Balaban J connectivity index is 1.43. The summed E-state index contributed by atoms with van der Waals surface area (Å²) in [6.07, 6.45) is 1.07. The fourth-order valence-electron chi connectivity index (χ4n) is 3.23. The molecule has 6 nitrogen and oxygen atoms in total. The summed E-state index contributed by atoms with van der Waals surface area (Å²) in [6, 6.07) is 14.7. The number of hydrogen-bond donors (Lipinski definition) is 0. The van der Waals surface area contributed by atoms with Gasteiger partial charge in [0, 0.05) is 18.1 Å². The molecule has 0 aliphatic carbocycles. The second kappa shape index (κ2) is 7.76. The van der Waals surface area contributed by atoms with Crippen molar-refractivity contribution in [1.29, 1.82) is 0 Å². The van der Waals surface area contributed by atoms with Crippen LogP contribution in [0.2, 0.25) is 0 Å². The maximum Gasteiger partial charge on any atom is 0.342 e. The third-order valence-electron chi connectivity index (χ3n) is 4.50. The van der Waals surface area contributed by atoms with Gasteiger partial charge in [-0.1, -0.05) is 17.3 Å². The number of carbonyl (C=O) groups is 1. The van der Waals surface area contributed by atoms with Crippen LogP contribution in [-0.4, -0.2) is 23.8 Å². The van der Waals surface area contributed by atoms with Crippen LogP contribution in [0.25, 0.3) is 11.3 Å². The summed E-state index contributed by atoms with van der Waals surface area (Å²) >= 11 is 0. The fraction of sp³-hybridized carbons (Fsp3) is 0.273. The van der Waals surface area contributed by atoms with E-state index in [1.807, 2.05) is 38.1 Å². The van der Waals surface area contributed by atoms with Crippen LogP contribution in [0.4, 0.5) is 0 Å². The number of nitrogens with zero attached hydrogens (tertiary/aromatic N) is 1. The highest BCUT2D eigenvalue weighted by Crippen LogP contribution is 2.33. The maximum absolute atomic E-state index is 12.4. The molecule has 1 atom stereocenters. The van der Waals surface area contributed by atoms with Crippen LogP contribution in [0.5, 0.6) is 11.5 Å². The number of ether oxygens (including phenoxy) is 3. The Morgan fingerprint density at radius 1 is 1.21 bits per heavy atom. The van der Waals surface area contributed by atoms with Crippen molar-refractivity contribution < 1.29 is 23.5 Å². The van der Waals surface area contributed by atoms with Crippen LogP contribution in [0.1, 0.15) is 35.5 Å². The quantitative estimate of drug-likeness (QED) is 0.591. The van der Waals surface area contributed by atoms with Gasteiger partial charge in [0.05, 0.1) is 6.61 Å². The van der Waals surface area contributed by atoms with Gasteiger partial charge in [0.15, 0.2) is 5.76 Å². The summed E-state index contributed by atoms with van der Waals surface area (Å²) in [7, 11) is 0. The average molecular weight is 379 g/mol. The predicted octanol–water partition coefficient (Wildman–Crippen LogP) is 4.42. The normalized spacial score (nSPS) is 15.0. The molecule has 1 unspecified atom stereocenters. The largest absolute Gasteiger partial charge is 0.493 e. The van der Waals surface area contributed by atoms with E-state index in [9.17, 15) is 4.79 Å². The minimum absolute atomic E-state index is 0.0217. The first-order valence-corrected chi connectivity index (χ1v) is 9.28. The Morgan fingerprint density at radius 2 is 2.07 bits per heavy atom. The first kappa shape index (κ1) is 18.1. The van der Waals surface area contributed by atoms with E-state index in [0.717, 1.165) is 23.3 Å². The predicted molar refractivity (Wildman–Crippen MR) is 102 cm³/mol. The third-order valence-corrected chi connectivity index (χ3v) is 4.50. The van der Waals surface area contributed by atoms with Crippen LogP contribution in [0.3, 0.4) is 0 Å². The highest BCUT2D eigenvalue weighted by atomic mass is 16.5. The van der Waals surface area contributed by atoms with Crippen molar-refractivity contribution in [2.45, 2.75) is 33.0 Å². The average Bonchev–Trinajstić information content (AvgIpc) is 3.31. The molecule has 1 aliphatic heterocycles. The number of aromatic nitrogens is 1. The lowest BCUT2D eigenvalue weighted by Crippen LogP contribution is -2.08. The molecule has 0 bridgehead atoms. The molecule has 4 rings (SSSR count). The second-order valence-corrected chi connectivity index (χ2v) is 6.64. The molecular formula is C22H21NO5. The van der Waals surface area contributed by atoms with Gasteiger partial charge in [0.1, 0.15) is 35.5 Å². The Labute approximate surface area is 163 Å². The van der Waals surface area contributed by atoms with Gasteiger partial charge >= 0.3 is 5.97 Å². The monoisotopic (exact) mass is 379 g/mol. The molecule has 0 spiro atoms. The molecule has 6 heteroatoms. The molecule has 0 amide bonds. The maximum atomic E-state index is 12.4. The van der Waals surface area contributed by atoms with Crippen LogP contribution in [-0.2, 0) is 17.8 Å². The number of fused-ring (bicyclic) bond motifs is 1. The molecule has 0 saturated heterocycles. The Hall–Kier alpha value is -3.28. The van der Waals surface area contributed by atoms with Gasteiger partial charge in [-0.05, 0) is 49.7 Å². The number of benzene rings is 2. The minimum Gasteiger partial charge on any atom is -0.493 e.